The Hall–Kier alpha value is -1.78. The van der Waals surface area contributed by atoms with E-state index in [9.17, 15) is 4.79 Å². The predicted octanol–water partition coefficient (Wildman–Crippen LogP) is 2.97. The Morgan fingerprint density at radius 1 is 1.38 bits per heavy atom. The first kappa shape index (κ1) is 15.6. The van der Waals surface area contributed by atoms with Crippen molar-refractivity contribution in [1.29, 1.82) is 0 Å². The molecular formula is C16H19ClN2O2. The Morgan fingerprint density at radius 2 is 2.19 bits per heavy atom. The Bertz CT molecular complexity index is 624. The van der Waals surface area contributed by atoms with Gasteiger partial charge in [0.25, 0.3) is 5.91 Å². The van der Waals surface area contributed by atoms with E-state index in [0.717, 1.165) is 19.3 Å². The lowest BCUT2D eigenvalue weighted by Crippen LogP contribution is -2.30. The number of carbonyl (C=O) groups excluding carboxylic acids is 1. The third-order valence-electron chi connectivity index (χ3n) is 3.79. The summed E-state index contributed by atoms with van der Waals surface area (Å²) in [7, 11) is 0. The van der Waals surface area contributed by atoms with E-state index >= 15 is 0 Å². The Kier molecular flexibility index (Phi) is 5.04. The number of hydrogen-bond donors (Lipinski definition) is 2. The van der Waals surface area contributed by atoms with Crippen molar-refractivity contribution in [2.75, 3.05) is 0 Å². The molecule has 1 amide bonds. The summed E-state index contributed by atoms with van der Waals surface area (Å²) in [5, 5.41) is 3.09. The Labute approximate surface area is 130 Å². The third kappa shape index (κ3) is 3.28. The molecule has 0 radical (unpaired) electrons. The van der Waals surface area contributed by atoms with E-state index in [-0.39, 0.29) is 24.4 Å². The summed E-state index contributed by atoms with van der Waals surface area (Å²) in [5.41, 5.74) is 8.58. The van der Waals surface area contributed by atoms with E-state index in [2.05, 4.69) is 17.4 Å². The largest absolute Gasteiger partial charge is 0.467 e. The van der Waals surface area contributed by atoms with Gasteiger partial charge in [0.1, 0.15) is 12.0 Å². The molecule has 1 aliphatic rings. The van der Waals surface area contributed by atoms with Crippen molar-refractivity contribution >= 4 is 18.3 Å². The molecule has 1 heterocycles. The molecule has 3 rings (SSSR count). The van der Waals surface area contributed by atoms with E-state index in [0.29, 0.717) is 17.9 Å². The Morgan fingerprint density at radius 3 is 2.95 bits per heavy atom. The third-order valence-corrected chi connectivity index (χ3v) is 3.79. The van der Waals surface area contributed by atoms with E-state index < -0.39 is 0 Å². The van der Waals surface area contributed by atoms with Gasteiger partial charge in [-0.3, -0.25) is 4.79 Å². The molecule has 3 N–H and O–H groups in total. The second kappa shape index (κ2) is 6.78. The molecule has 1 aliphatic carbocycles. The minimum atomic E-state index is -0.102. The van der Waals surface area contributed by atoms with Gasteiger partial charge >= 0.3 is 0 Å². The van der Waals surface area contributed by atoms with E-state index in [1.807, 2.05) is 12.1 Å². The summed E-state index contributed by atoms with van der Waals surface area (Å²) < 4.78 is 5.21. The fourth-order valence-electron chi connectivity index (χ4n) is 2.75. The number of nitrogens with two attached hydrogens (primary N) is 1. The maximum atomic E-state index is 12.2. The van der Waals surface area contributed by atoms with Crippen LogP contribution < -0.4 is 11.1 Å². The number of halogens is 1. The summed E-state index contributed by atoms with van der Waals surface area (Å²) >= 11 is 0. The first-order valence-electron chi connectivity index (χ1n) is 6.94. The number of benzene rings is 1. The standard InChI is InChI=1S/C16H18N2O2.ClH/c17-9-13-8-12(10-20-13)16(19)18-15-7-3-5-11-4-1-2-6-14(11)15;/h1-2,4,6,8,10,15H,3,5,7,9,17H2,(H,18,19);1H. The number of furan rings is 1. The van der Waals surface area contributed by atoms with Gasteiger partial charge in [-0.25, -0.2) is 0 Å². The van der Waals surface area contributed by atoms with Gasteiger partial charge < -0.3 is 15.5 Å². The van der Waals surface area contributed by atoms with Crippen molar-refractivity contribution in [1.82, 2.24) is 5.32 Å². The molecular weight excluding hydrogens is 288 g/mol. The summed E-state index contributed by atoms with van der Waals surface area (Å²) in [5.74, 6) is 0.523. The maximum Gasteiger partial charge on any atom is 0.255 e. The van der Waals surface area contributed by atoms with Crippen LogP contribution in [0.5, 0.6) is 0 Å². The van der Waals surface area contributed by atoms with E-state index in [4.69, 9.17) is 10.2 Å². The van der Waals surface area contributed by atoms with Crippen LogP contribution in [-0.2, 0) is 13.0 Å². The van der Waals surface area contributed by atoms with Crippen LogP contribution in [0.25, 0.3) is 0 Å². The van der Waals surface area contributed by atoms with Gasteiger partial charge in [0.05, 0.1) is 18.2 Å². The summed E-state index contributed by atoms with van der Waals surface area (Å²) in [6.07, 6.45) is 4.63. The molecule has 0 aliphatic heterocycles. The highest BCUT2D eigenvalue weighted by molar-refractivity contribution is 5.94. The van der Waals surface area contributed by atoms with Crippen molar-refractivity contribution in [3.8, 4) is 0 Å². The number of hydrogen-bond acceptors (Lipinski definition) is 3. The van der Waals surface area contributed by atoms with Gasteiger partial charge in [0, 0.05) is 0 Å². The number of aryl methyl sites for hydroxylation is 1. The zero-order chi connectivity index (χ0) is 13.9. The van der Waals surface area contributed by atoms with Gasteiger partial charge in [-0.2, -0.15) is 0 Å². The minimum Gasteiger partial charge on any atom is -0.467 e. The molecule has 1 atom stereocenters. The second-order valence-corrected chi connectivity index (χ2v) is 5.12. The molecule has 0 bridgehead atoms. The summed E-state index contributed by atoms with van der Waals surface area (Å²) in [6, 6.07) is 10.1. The normalized spacial score (nSPS) is 16.7. The summed E-state index contributed by atoms with van der Waals surface area (Å²) in [6.45, 7) is 0.305. The fraction of sp³-hybridized carbons (Fsp3) is 0.312. The van der Waals surface area contributed by atoms with Crippen LogP contribution in [-0.4, -0.2) is 5.91 Å². The molecule has 0 saturated carbocycles. The van der Waals surface area contributed by atoms with E-state index in [1.165, 1.54) is 17.4 Å². The smallest absolute Gasteiger partial charge is 0.255 e. The molecule has 112 valence electrons. The van der Waals surface area contributed by atoms with Crippen molar-refractivity contribution in [2.24, 2.45) is 5.73 Å². The van der Waals surface area contributed by atoms with Gasteiger partial charge in [-0.15, -0.1) is 12.4 Å². The minimum absolute atomic E-state index is 0. The topological polar surface area (TPSA) is 68.3 Å². The van der Waals surface area contributed by atoms with Crippen molar-refractivity contribution < 1.29 is 9.21 Å². The number of amides is 1. The molecule has 0 fully saturated rings. The van der Waals surface area contributed by atoms with Crippen LogP contribution in [0.3, 0.4) is 0 Å². The fourth-order valence-corrected chi connectivity index (χ4v) is 2.75. The van der Waals surface area contributed by atoms with Gasteiger partial charge in [-0.1, -0.05) is 24.3 Å². The van der Waals surface area contributed by atoms with Crippen LogP contribution in [0.15, 0.2) is 41.0 Å². The van der Waals surface area contributed by atoms with Crippen molar-refractivity contribution in [3.63, 3.8) is 0 Å². The monoisotopic (exact) mass is 306 g/mol. The molecule has 0 saturated heterocycles. The first-order valence-corrected chi connectivity index (χ1v) is 6.94. The molecule has 0 spiro atoms. The highest BCUT2D eigenvalue weighted by atomic mass is 35.5. The number of rotatable bonds is 3. The first-order chi connectivity index (χ1) is 9.78. The van der Waals surface area contributed by atoms with Crippen LogP contribution in [0.4, 0.5) is 0 Å². The zero-order valence-corrected chi connectivity index (χ0v) is 12.5. The number of fused-ring (bicyclic) bond motifs is 1. The molecule has 1 aromatic heterocycles. The van der Waals surface area contributed by atoms with Gasteiger partial charge in [0.2, 0.25) is 0 Å². The molecule has 4 nitrogen and oxygen atoms in total. The lowest BCUT2D eigenvalue weighted by molar-refractivity contribution is 0.0932. The van der Waals surface area contributed by atoms with Crippen LogP contribution >= 0.6 is 12.4 Å². The Balaban J connectivity index is 0.00000161. The highest BCUT2D eigenvalue weighted by Crippen LogP contribution is 2.29. The number of nitrogens with one attached hydrogen (secondary N) is 1. The lowest BCUT2D eigenvalue weighted by Gasteiger charge is -2.26. The zero-order valence-electron chi connectivity index (χ0n) is 11.7. The number of carbonyl (C=O) groups is 1. The molecule has 1 aromatic carbocycles. The van der Waals surface area contributed by atoms with Gasteiger partial charge in [0.15, 0.2) is 0 Å². The van der Waals surface area contributed by atoms with Crippen LogP contribution in [0.1, 0.15) is 46.1 Å². The van der Waals surface area contributed by atoms with Crippen LogP contribution in [0, 0.1) is 0 Å². The van der Waals surface area contributed by atoms with Crippen molar-refractivity contribution in [2.45, 2.75) is 31.8 Å². The molecule has 5 heteroatoms. The second-order valence-electron chi connectivity index (χ2n) is 5.12. The highest BCUT2D eigenvalue weighted by Gasteiger charge is 2.22. The van der Waals surface area contributed by atoms with Crippen molar-refractivity contribution in [3.05, 3.63) is 59.0 Å². The molecule has 21 heavy (non-hydrogen) atoms. The predicted molar refractivity (Wildman–Crippen MR) is 83.4 cm³/mol. The molecule has 2 aromatic rings. The average molecular weight is 307 g/mol. The average Bonchev–Trinajstić information content (AvgIpc) is 2.97. The maximum absolute atomic E-state index is 12.2. The summed E-state index contributed by atoms with van der Waals surface area (Å²) in [4.78, 5) is 12.2. The molecule has 1 unspecified atom stereocenters. The quantitative estimate of drug-likeness (QED) is 0.916. The lowest BCUT2D eigenvalue weighted by atomic mass is 9.87. The van der Waals surface area contributed by atoms with Gasteiger partial charge in [-0.05, 0) is 36.5 Å². The van der Waals surface area contributed by atoms with Crippen LogP contribution in [0.2, 0.25) is 0 Å². The SMILES string of the molecule is Cl.NCc1cc(C(=O)NC2CCCc3ccccc32)co1. The van der Waals surface area contributed by atoms with E-state index in [1.54, 1.807) is 6.07 Å².